The van der Waals surface area contributed by atoms with E-state index in [1.165, 1.54) is 31.5 Å². The predicted octanol–water partition coefficient (Wildman–Crippen LogP) is 3.95. The molecule has 5 heteroatoms. The molecule has 104 valence electrons. The van der Waals surface area contributed by atoms with Crippen LogP contribution in [0.25, 0.3) is 0 Å². The molecule has 2 nitrogen and oxygen atoms in total. The van der Waals surface area contributed by atoms with Crippen molar-refractivity contribution >= 4 is 5.82 Å². The first kappa shape index (κ1) is 12.8. The Kier molecular flexibility index (Phi) is 3.15. The van der Waals surface area contributed by atoms with Crippen LogP contribution >= 0.6 is 0 Å². The maximum Gasteiger partial charge on any atom is 0.419 e. The molecule has 0 amide bonds. The van der Waals surface area contributed by atoms with Gasteiger partial charge in [0, 0.05) is 12.7 Å². The number of anilines is 1. The SMILES string of the molecule is FC(F)(F)c1cccnc1NCC1CC2CCC1C2. The Morgan fingerprint density at radius 3 is 2.74 bits per heavy atom. The standard InChI is InChI=1S/C14H17F3N2/c15-14(16,17)12-2-1-5-18-13(12)19-8-11-7-9-3-4-10(11)6-9/h1-2,5,9-11H,3-4,6-8H2,(H,18,19). The van der Waals surface area contributed by atoms with Crippen molar-refractivity contribution in [2.45, 2.75) is 31.9 Å². The van der Waals surface area contributed by atoms with E-state index in [1.54, 1.807) is 0 Å². The summed E-state index contributed by atoms with van der Waals surface area (Å²) in [6.45, 7) is 0.612. The summed E-state index contributed by atoms with van der Waals surface area (Å²) >= 11 is 0. The van der Waals surface area contributed by atoms with Crippen LogP contribution in [0.4, 0.5) is 19.0 Å². The normalized spacial score (nSPS) is 29.7. The average molecular weight is 270 g/mol. The molecule has 2 saturated carbocycles. The zero-order valence-corrected chi connectivity index (χ0v) is 10.6. The minimum absolute atomic E-state index is 0.0298. The summed E-state index contributed by atoms with van der Waals surface area (Å²) in [7, 11) is 0. The van der Waals surface area contributed by atoms with Crippen molar-refractivity contribution in [3.63, 3.8) is 0 Å². The van der Waals surface area contributed by atoms with Gasteiger partial charge in [-0.3, -0.25) is 0 Å². The molecule has 1 heterocycles. The van der Waals surface area contributed by atoms with E-state index in [-0.39, 0.29) is 5.82 Å². The summed E-state index contributed by atoms with van der Waals surface area (Å²) in [6.07, 6.45) is 2.03. The van der Waals surface area contributed by atoms with Gasteiger partial charge >= 0.3 is 6.18 Å². The van der Waals surface area contributed by atoms with Crippen LogP contribution in [-0.4, -0.2) is 11.5 Å². The Balaban J connectivity index is 1.67. The van der Waals surface area contributed by atoms with E-state index in [1.807, 2.05) is 0 Å². The molecule has 0 aliphatic heterocycles. The molecular formula is C14H17F3N2. The van der Waals surface area contributed by atoms with Crippen molar-refractivity contribution < 1.29 is 13.2 Å². The molecule has 3 atom stereocenters. The second-order valence-corrected chi connectivity index (χ2v) is 5.71. The van der Waals surface area contributed by atoms with Gasteiger partial charge in [-0.2, -0.15) is 13.2 Å². The fourth-order valence-electron chi connectivity index (χ4n) is 3.63. The summed E-state index contributed by atoms with van der Waals surface area (Å²) in [5.41, 5.74) is -0.668. The molecule has 2 bridgehead atoms. The topological polar surface area (TPSA) is 24.9 Å². The minimum atomic E-state index is -4.34. The Labute approximate surface area is 110 Å². The molecule has 2 aliphatic rings. The third-order valence-electron chi connectivity index (χ3n) is 4.53. The number of halogens is 3. The maximum atomic E-state index is 12.8. The van der Waals surface area contributed by atoms with Gasteiger partial charge in [-0.1, -0.05) is 6.42 Å². The van der Waals surface area contributed by atoms with Gasteiger partial charge in [0.1, 0.15) is 5.82 Å². The largest absolute Gasteiger partial charge is 0.419 e. The Morgan fingerprint density at radius 1 is 1.26 bits per heavy atom. The van der Waals surface area contributed by atoms with Crippen LogP contribution in [0.3, 0.4) is 0 Å². The van der Waals surface area contributed by atoms with Gasteiger partial charge in [-0.25, -0.2) is 4.98 Å². The number of nitrogens with one attached hydrogen (secondary N) is 1. The van der Waals surface area contributed by atoms with E-state index in [4.69, 9.17) is 0 Å². The maximum absolute atomic E-state index is 12.8. The zero-order valence-electron chi connectivity index (χ0n) is 10.6. The van der Waals surface area contributed by atoms with E-state index in [0.717, 1.165) is 18.4 Å². The highest BCUT2D eigenvalue weighted by molar-refractivity contribution is 5.45. The van der Waals surface area contributed by atoms with Crippen molar-refractivity contribution in [1.82, 2.24) is 4.98 Å². The first-order valence-electron chi connectivity index (χ1n) is 6.80. The van der Waals surface area contributed by atoms with E-state index in [0.29, 0.717) is 18.4 Å². The molecule has 3 unspecified atom stereocenters. The molecular weight excluding hydrogens is 253 g/mol. The molecule has 0 saturated heterocycles. The minimum Gasteiger partial charge on any atom is -0.369 e. The molecule has 0 spiro atoms. The quantitative estimate of drug-likeness (QED) is 0.899. The number of pyridine rings is 1. The lowest BCUT2D eigenvalue weighted by Crippen LogP contribution is -2.22. The van der Waals surface area contributed by atoms with Crippen molar-refractivity contribution in [2.24, 2.45) is 17.8 Å². The highest BCUT2D eigenvalue weighted by atomic mass is 19.4. The van der Waals surface area contributed by atoms with Crippen molar-refractivity contribution in [3.05, 3.63) is 23.9 Å². The van der Waals surface area contributed by atoms with Crippen molar-refractivity contribution in [3.8, 4) is 0 Å². The van der Waals surface area contributed by atoms with Gasteiger partial charge in [-0.15, -0.1) is 0 Å². The highest BCUT2D eigenvalue weighted by Gasteiger charge is 2.39. The lowest BCUT2D eigenvalue weighted by Gasteiger charge is -2.23. The number of alkyl halides is 3. The molecule has 1 aromatic rings. The van der Waals surface area contributed by atoms with Crippen LogP contribution in [-0.2, 0) is 6.18 Å². The number of nitrogens with zero attached hydrogens (tertiary/aromatic N) is 1. The molecule has 0 radical (unpaired) electrons. The zero-order chi connectivity index (χ0) is 13.5. The van der Waals surface area contributed by atoms with Gasteiger partial charge < -0.3 is 5.32 Å². The van der Waals surface area contributed by atoms with Gasteiger partial charge in [-0.05, 0) is 49.1 Å². The Hall–Kier alpha value is -1.26. The monoisotopic (exact) mass is 270 g/mol. The van der Waals surface area contributed by atoms with Crippen molar-refractivity contribution in [2.75, 3.05) is 11.9 Å². The van der Waals surface area contributed by atoms with Crippen molar-refractivity contribution in [1.29, 1.82) is 0 Å². The fraction of sp³-hybridized carbons (Fsp3) is 0.643. The number of hydrogen-bond donors (Lipinski definition) is 1. The van der Waals surface area contributed by atoms with Crippen LogP contribution < -0.4 is 5.32 Å². The van der Waals surface area contributed by atoms with Gasteiger partial charge in [0.25, 0.3) is 0 Å². The molecule has 19 heavy (non-hydrogen) atoms. The fourth-order valence-corrected chi connectivity index (χ4v) is 3.63. The first-order valence-corrected chi connectivity index (χ1v) is 6.80. The Bertz CT molecular complexity index is 458. The molecule has 2 fully saturated rings. The third-order valence-corrected chi connectivity index (χ3v) is 4.53. The van der Waals surface area contributed by atoms with E-state index in [2.05, 4.69) is 10.3 Å². The van der Waals surface area contributed by atoms with E-state index < -0.39 is 11.7 Å². The number of hydrogen-bond acceptors (Lipinski definition) is 2. The predicted molar refractivity (Wildman–Crippen MR) is 66.7 cm³/mol. The molecule has 1 aromatic heterocycles. The lowest BCUT2D eigenvalue weighted by molar-refractivity contribution is -0.137. The summed E-state index contributed by atoms with van der Waals surface area (Å²) < 4.78 is 38.5. The smallest absolute Gasteiger partial charge is 0.369 e. The molecule has 0 aromatic carbocycles. The number of fused-ring (bicyclic) bond motifs is 2. The summed E-state index contributed by atoms with van der Waals surface area (Å²) in [5.74, 6) is 2.00. The van der Waals surface area contributed by atoms with Crippen LogP contribution in [0, 0.1) is 17.8 Å². The lowest BCUT2D eigenvalue weighted by atomic mass is 9.89. The second-order valence-electron chi connectivity index (χ2n) is 5.71. The number of rotatable bonds is 3. The van der Waals surface area contributed by atoms with Gasteiger partial charge in [0.15, 0.2) is 0 Å². The Morgan fingerprint density at radius 2 is 2.11 bits per heavy atom. The van der Waals surface area contributed by atoms with Gasteiger partial charge in [0.05, 0.1) is 5.56 Å². The molecule has 2 aliphatic carbocycles. The highest BCUT2D eigenvalue weighted by Crippen LogP contribution is 2.48. The third kappa shape index (κ3) is 2.55. The summed E-state index contributed by atoms with van der Waals surface area (Å²) in [6, 6.07) is 2.40. The summed E-state index contributed by atoms with van der Waals surface area (Å²) in [5, 5.41) is 2.92. The van der Waals surface area contributed by atoms with Crippen LogP contribution in [0.1, 0.15) is 31.2 Å². The second kappa shape index (κ2) is 4.69. The number of aromatic nitrogens is 1. The summed E-state index contributed by atoms with van der Waals surface area (Å²) in [4.78, 5) is 3.84. The van der Waals surface area contributed by atoms with Crippen LogP contribution in [0.5, 0.6) is 0 Å². The van der Waals surface area contributed by atoms with Crippen LogP contribution in [0.2, 0.25) is 0 Å². The average Bonchev–Trinajstić information content (AvgIpc) is 2.97. The van der Waals surface area contributed by atoms with E-state index in [9.17, 15) is 13.2 Å². The molecule has 3 rings (SSSR count). The first-order chi connectivity index (χ1) is 9.04. The van der Waals surface area contributed by atoms with E-state index >= 15 is 0 Å². The molecule has 1 N–H and O–H groups in total. The van der Waals surface area contributed by atoms with Crippen LogP contribution in [0.15, 0.2) is 18.3 Å². The van der Waals surface area contributed by atoms with Gasteiger partial charge in [0.2, 0.25) is 0 Å².